The average molecular weight is 406 g/mol. The van der Waals surface area contributed by atoms with E-state index in [2.05, 4.69) is 19.2 Å². The zero-order valence-corrected chi connectivity index (χ0v) is 17.5. The standard InChI is InChI=1S/C20H23NO4S2/c1-5-25-19(23)16-13-10-20(2,3)26-11-15(13)27-18(16)21-17(22)12-8-6-7-9-14(12)24-4/h6-9H,5,10-11H2,1-4H3,(H,21,22). The molecule has 27 heavy (non-hydrogen) atoms. The normalized spacial score (nSPS) is 15.0. The van der Waals surface area contributed by atoms with Crippen molar-refractivity contribution in [2.45, 2.75) is 37.7 Å². The van der Waals surface area contributed by atoms with Crippen molar-refractivity contribution >= 4 is 40.0 Å². The Morgan fingerprint density at radius 1 is 1.26 bits per heavy atom. The molecule has 2 aromatic rings. The molecule has 0 saturated heterocycles. The van der Waals surface area contributed by atoms with E-state index in [0.29, 0.717) is 28.5 Å². The van der Waals surface area contributed by atoms with E-state index in [-0.39, 0.29) is 16.6 Å². The molecule has 1 amide bonds. The van der Waals surface area contributed by atoms with Crippen molar-refractivity contribution in [1.29, 1.82) is 0 Å². The molecular formula is C20H23NO4S2. The fraction of sp³-hybridized carbons (Fsp3) is 0.400. The molecule has 3 rings (SSSR count). The molecule has 7 heteroatoms. The predicted molar refractivity (Wildman–Crippen MR) is 110 cm³/mol. The second-order valence-electron chi connectivity index (χ2n) is 6.81. The van der Waals surface area contributed by atoms with Crippen molar-refractivity contribution in [3.8, 4) is 5.75 Å². The van der Waals surface area contributed by atoms with E-state index in [1.54, 1.807) is 25.1 Å². The number of hydrogen-bond donors (Lipinski definition) is 1. The number of anilines is 1. The average Bonchev–Trinajstić information content (AvgIpc) is 2.97. The van der Waals surface area contributed by atoms with Gasteiger partial charge in [0.25, 0.3) is 5.91 Å². The molecule has 0 aliphatic carbocycles. The molecule has 144 valence electrons. The Kier molecular flexibility index (Phi) is 5.81. The molecule has 0 spiro atoms. The Morgan fingerprint density at radius 3 is 2.70 bits per heavy atom. The number of thiophene rings is 1. The molecule has 0 atom stereocenters. The third-order valence-electron chi connectivity index (χ3n) is 4.35. The zero-order valence-electron chi connectivity index (χ0n) is 15.9. The smallest absolute Gasteiger partial charge is 0.341 e. The van der Waals surface area contributed by atoms with Gasteiger partial charge in [0.15, 0.2) is 0 Å². The van der Waals surface area contributed by atoms with Crippen LogP contribution in [0.25, 0.3) is 0 Å². The van der Waals surface area contributed by atoms with Crippen molar-refractivity contribution in [3.05, 3.63) is 45.8 Å². The lowest BCUT2D eigenvalue weighted by atomic mass is 9.98. The van der Waals surface area contributed by atoms with Gasteiger partial charge in [0, 0.05) is 15.4 Å². The molecule has 5 nitrogen and oxygen atoms in total. The number of carbonyl (C=O) groups is 2. The minimum Gasteiger partial charge on any atom is -0.496 e. The molecule has 1 aliphatic rings. The van der Waals surface area contributed by atoms with Gasteiger partial charge in [-0.3, -0.25) is 4.79 Å². The highest BCUT2D eigenvalue weighted by atomic mass is 32.2. The Morgan fingerprint density at radius 2 is 2.00 bits per heavy atom. The highest BCUT2D eigenvalue weighted by molar-refractivity contribution is 8.00. The Labute approximate surface area is 167 Å². The fourth-order valence-corrected chi connectivity index (χ4v) is 5.41. The lowest BCUT2D eigenvalue weighted by Gasteiger charge is -2.29. The van der Waals surface area contributed by atoms with Crippen LogP contribution in [0.3, 0.4) is 0 Å². The van der Waals surface area contributed by atoms with Gasteiger partial charge >= 0.3 is 5.97 Å². The number of esters is 1. The molecule has 0 radical (unpaired) electrons. The summed E-state index contributed by atoms with van der Waals surface area (Å²) in [6.45, 7) is 6.41. The molecular weight excluding hydrogens is 382 g/mol. The number of nitrogens with one attached hydrogen (secondary N) is 1. The highest BCUT2D eigenvalue weighted by Gasteiger charge is 2.34. The monoisotopic (exact) mass is 405 g/mol. The first-order valence-corrected chi connectivity index (χ1v) is 10.6. The van der Waals surface area contributed by atoms with Crippen LogP contribution in [0.5, 0.6) is 5.75 Å². The second-order valence-corrected chi connectivity index (χ2v) is 9.60. The van der Waals surface area contributed by atoms with E-state index in [0.717, 1.165) is 22.6 Å². The van der Waals surface area contributed by atoms with Crippen LogP contribution in [-0.4, -0.2) is 30.3 Å². The number of fused-ring (bicyclic) bond motifs is 1. The van der Waals surface area contributed by atoms with Crippen LogP contribution >= 0.6 is 23.1 Å². The Hall–Kier alpha value is -1.99. The molecule has 0 bridgehead atoms. The van der Waals surface area contributed by atoms with E-state index in [1.165, 1.54) is 18.4 Å². The van der Waals surface area contributed by atoms with Crippen LogP contribution in [0.15, 0.2) is 24.3 Å². The second kappa shape index (κ2) is 7.94. The van der Waals surface area contributed by atoms with Crippen molar-refractivity contribution in [2.75, 3.05) is 19.0 Å². The summed E-state index contributed by atoms with van der Waals surface area (Å²) in [5.74, 6) is 0.631. The highest BCUT2D eigenvalue weighted by Crippen LogP contribution is 2.46. The largest absolute Gasteiger partial charge is 0.496 e. The van der Waals surface area contributed by atoms with Gasteiger partial charge in [-0.05, 0) is 31.0 Å². The van der Waals surface area contributed by atoms with E-state index < -0.39 is 0 Å². The van der Waals surface area contributed by atoms with Gasteiger partial charge in [0.05, 0.1) is 24.8 Å². The van der Waals surface area contributed by atoms with Gasteiger partial charge in [-0.2, -0.15) is 0 Å². The summed E-state index contributed by atoms with van der Waals surface area (Å²) in [5, 5.41) is 3.46. The van der Waals surface area contributed by atoms with E-state index >= 15 is 0 Å². The Bertz CT molecular complexity index is 873. The summed E-state index contributed by atoms with van der Waals surface area (Å²) >= 11 is 3.32. The third-order valence-corrected chi connectivity index (χ3v) is 7.03. The van der Waals surface area contributed by atoms with E-state index in [1.807, 2.05) is 17.8 Å². The number of methoxy groups -OCH3 is 1. The third kappa shape index (κ3) is 4.14. The quantitative estimate of drug-likeness (QED) is 0.727. The number of hydrogen-bond acceptors (Lipinski definition) is 6. The minimum atomic E-state index is -0.381. The first kappa shape index (κ1) is 19.8. The molecule has 1 aliphatic heterocycles. The lowest BCUT2D eigenvalue weighted by Crippen LogP contribution is -2.24. The van der Waals surface area contributed by atoms with Gasteiger partial charge < -0.3 is 14.8 Å². The summed E-state index contributed by atoms with van der Waals surface area (Å²) in [6, 6.07) is 7.02. The zero-order chi connectivity index (χ0) is 19.6. The first-order valence-electron chi connectivity index (χ1n) is 8.76. The van der Waals surface area contributed by atoms with Gasteiger partial charge in [0.2, 0.25) is 0 Å². The maximum Gasteiger partial charge on any atom is 0.341 e. The van der Waals surface area contributed by atoms with Crippen molar-refractivity contribution in [1.82, 2.24) is 0 Å². The maximum absolute atomic E-state index is 12.8. The van der Waals surface area contributed by atoms with Gasteiger partial charge in [-0.15, -0.1) is 23.1 Å². The predicted octanol–water partition coefficient (Wildman–Crippen LogP) is 4.75. The topological polar surface area (TPSA) is 64.6 Å². The minimum absolute atomic E-state index is 0.0409. The first-order chi connectivity index (χ1) is 12.9. The molecule has 1 aromatic heterocycles. The number of para-hydroxylation sites is 1. The van der Waals surface area contributed by atoms with Crippen LogP contribution in [0.4, 0.5) is 5.00 Å². The number of ether oxygens (including phenoxy) is 2. The van der Waals surface area contributed by atoms with Gasteiger partial charge in [-0.1, -0.05) is 26.0 Å². The molecule has 1 aromatic carbocycles. The van der Waals surface area contributed by atoms with Gasteiger partial charge in [-0.25, -0.2) is 4.79 Å². The Balaban J connectivity index is 1.99. The van der Waals surface area contributed by atoms with Crippen LogP contribution in [0.2, 0.25) is 0 Å². The summed E-state index contributed by atoms with van der Waals surface area (Å²) < 4.78 is 10.6. The van der Waals surface area contributed by atoms with Crippen LogP contribution in [0.1, 0.15) is 51.9 Å². The molecule has 0 saturated carbocycles. The fourth-order valence-electron chi connectivity index (χ4n) is 3.06. The van der Waals surface area contributed by atoms with Gasteiger partial charge in [0.1, 0.15) is 10.8 Å². The summed E-state index contributed by atoms with van der Waals surface area (Å²) in [5.41, 5.74) is 1.92. The molecule has 2 heterocycles. The van der Waals surface area contributed by atoms with Crippen molar-refractivity contribution < 1.29 is 19.1 Å². The van der Waals surface area contributed by atoms with E-state index in [4.69, 9.17) is 9.47 Å². The van der Waals surface area contributed by atoms with Crippen LogP contribution in [0, 0.1) is 0 Å². The SMILES string of the molecule is CCOC(=O)c1c(NC(=O)c2ccccc2OC)sc2c1CC(C)(C)SC2. The van der Waals surface area contributed by atoms with Crippen molar-refractivity contribution in [3.63, 3.8) is 0 Å². The van der Waals surface area contributed by atoms with Crippen LogP contribution in [-0.2, 0) is 16.9 Å². The summed E-state index contributed by atoms with van der Waals surface area (Å²) in [4.78, 5) is 26.6. The molecule has 0 fully saturated rings. The molecule has 0 unspecified atom stereocenters. The number of benzene rings is 1. The number of thioether (sulfide) groups is 1. The number of carbonyl (C=O) groups excluding carboxylic acids is 2. The summed E-state index contributed by atoms with van der Waals surface area (Å²) in [7, 11) is 1.53. The molecule has 1 N–H and O–H groups in total. The van der Waals surface area contributed by atoms with E-state index in [9.17, 15) is 9.59 Å². The van der Waals surface area contributed by atoms with Crippen molar-refractivity contribution in [2.24, 2.45) is 0 Å². The number of rotatable bonds is 5. The number of amides is 1. The summed E-state index contributed by atoms with van der Waals surface area (Å²) in [6.07, 6.45) is 0.766. The maximum atomic E-state index is 12.8. The lowest BCUT2D eigenvalue weighted by molar-refractivity contribution is 0.0526. The van der Waals surface area contributed by atoms with Crippen LogP contribution < -0.4 is 10.1 Å².